The fourth-order valence-electron chi connectivity index (χ4n) is 3.65. The molecule has 0 amide bonds. The molecule has 158 valence electrons. The van der Waals surface area contributed by atoms with E-state index in [2.05, 4.69) is 96.4 Å². The van der Waals surface area contributed by atoms with Crippen LogP contribution in [0.3, 0.4) is 0 Å². The van der Waals surface area contributed by atoms with E-state index in [1.54, 1.807) is 0 Å². The van der Waals surface area contributed by atoms with E-state index in [1.807, 2.05) is 0 Å². The number of rotatable bonds is 9. The van der Waals surface area contributed by atoms with E-state index in [-0.39, 0.29) is 12.1 Å². The van der Waals surface area contributed by atoms with Gasteiger partial charge in [0.1, 0.15) is 0 Å². The normalized spacial score (nSPS) is 14.2. The molecule has 2 aromatic rings. The summed E-state index contributed by atoms with van der Waals surface area (Å²) in [6.45, 7) is 10.2. The molecule has 0 heterocycles. The maximum atomic E-state index is 6.54. The summed E-state index contributed by atoms with van der Waals surface area (Å²) in [5.74, 6) is 0. The standard InChI is InChI=1S/C22H32N3.2BrH.Co/c1-15-7-5-8-16(2)21(15)11-19(23)13-25-14-20(24)12-22-17(3)9-6-10-18(22)4;;;/h5-10,19-20H,11-14,23-24H2,1-4H3;2*1H;/q-1;;;+3/p-2. The van der Waals surface area contributed by atoms with Crippen molar-refractivity contribution in [3.05, 3.63) is 69.8 Å². The minimum atomic E-state index is -0.587. The molecule has 28 heavy (non-hydrogen) atoms. The van der Waals surface area contributed by atoms with Crippen molar-refractivity contribution in [2.45, 2.75) is 52.6 Å². The number of benzene rings is 2. The summed E-state index contributed by atoms with van der Waals surface area (Å²) in [6.07, 6.45) is 1.76. The van der Waals surface area contributed by atoms with Crippen LogP contribution >= 0.6 is 28.3 Å². The second-order valence-electron chi connectivity index (χ2n) is 7.63. The molecule has 0 aliphatic heterocycles. The average Bonchev–Trinajstić information content (AvgIpc) is 2.61. The summed E-state index contributed by atoms with van der Waals surface area (Å²) in [4.78, 5) is 0. The molecule has 0 bridgehead atoms. The van der Waals surface area contributed by atoms with Gasteiger partial charge in [-0.05, 0) is 0 Å². The molecule has 6 heteroatoms. The zero-order valence-electron chi connectivity index (χ0n) is 17.1. The quantitative estimate of drug-likeness (QED) is 0.466. The van der Waals surface area contributed by atoms with E-state index in [0.717, 1.165) is 25.9 Å². The Labute approximate surface area is 188 Å². The van der Waals surface area contributed by atoms with Crippen LogP contribution in [0.5, 0.6) is 0 Å². The first kappa shape index (κ1) is 24.1. The van der Waals surface area contributed by atoms with Crippen LogP contribution in [-0.2, 0) is 23.1 Å². The van der Waals surface area contributed by atoms with Gasteiger partial charge in [-0.1, -0.05) is 0 Å². The number of nitrogens with zero attached hydrogens (tertiary/aromatic N) is 1. The van der Waals surface area contributed by atoms with Gasteiger partial charge in [-0.2, -0.15) is 0 Å². The molecule has 2 rings (SSSR count). The summed E-state index contributed by atoms with van der Waals surface area (Å²) >= 11 is 7.44. The maximum absolute atomic E-state index is 6.54. The van der Waals surface area contributed by atoms with E-state index < -0.39 is 10.3 Å². The first-order valence-electron chi connectivity index (χ1n) is 9.53. The van der Waals surface area contributed by atoms with Crippen molar-refractivity contribution in [1.29, 1.82) is 0 Å². The minimum absolute atomic E-state index is 0.0617. The topological polar surface area (TPSA) is 55.3 Å². The molecule has 3 nitrogen and oxygen atoms in total. The van der Waals surface area contributed by atoms with Gasteiger partial charge in [0.25, 0.3) is 0 Å². The molecule has 2 unspecified atom stereocenters. The van der Waals surface area contributed by atoms with Crippen molar-refractivity contribution >= 4 is 28.3 Å². The molecule has 0 aliphatic rings. The van der Waals surface area contributed by atoms with Gasteiger partial charge in [-0.25, -0.2) is 0 Å². The second-order valence-corrected chi connectivity index (χ2v) is 15.8. The van der Waals surface area contributed by atoms with Crippen LogP contribution in [0.4, 0.5) is 0 Å². The number of hydrogen-bond donors (Lipinski definition) is 2. The van der Waals surface area contributed by atoms with E-state index in [9.17, 15) is 0 Å². The van der Waals surface area contributed by atoms with Gasteiger partial charge in [0.2, 0.25) is 0 Å². The zero-order valence-corrected chi connectivity index (χ0v) is 21.4. The monoisotopic (exact) mass is 555 g/mol. The number of hydrogen-bond acceptors (Lipinski definition) is 3. The number of aryl methyl sites for hydroxylation is 4. The van der Waals surface area contributed by atoms with Gasteiger partial charge in [0.15, 0.2) is 0 Å². The molecule has 0 spiro atoms. The van der Waals surface area contributed by atoms with Crippen LogP contribution in [0.15, 0.2) is 36.4 Å². The summed E-state index contributed by atoms with van der Waals surface area (Å²) in [5, 5.41) is 0. The molecule has 0 saturated heterocycles. The molecular formula is C22H32Br2CoN3. The fourth-order valence-corrected chi connectivity index (χ4v) is 6.02. The number of halogens is 2. The second kappa shape index (κ2) is 11.3. The Kier molecular flexibility index (Phi) is 9.67. The Balaban J connectivity index is 2.00. The van der Waals surface area contributed by atoms with E-state index in [1.165, 1.54) is 33.4 Å². The molecule has 0 aromatic heterocycles. The van der Waals surface area contributed by atoms with Gasteiger partial charge < -0.3 is 0 Å². The van der Waals surface area contributed by atoms with Gasteiger partial charge in [0, 0.05) is 0 Å². The predicted molar refractivity (Wildman–Crippen MR) is 125 cm³/mol. The average molecular weight is 557 g/mol. The fraction of sp³-hybridized carbons (Fsp3) is 0.455. The van der Waals surface area contributed by atoms with Crippen molar-refractivity contribution in [3.63, 3.8) is 0 Å². The van der Waals surface area contributed by atoms with Crippen LogP contribution in [-0.4, -0.2) is 29.1 Å². The summed E-state index contributed by atoms with van der Waals surface area (Å²) < 4.78 is 2.34. The zero-order chi connectivity index (χ0) is 20.8. The van der Waals surface area contributed by atoms with Crippen LogP contribution in [0, 0.1) is 27.7 Å². The predicted octanol–water partition coefficient (Wildman–Crippen LogP) is 4.82. The van der Waals surface area contributed by atoms with Crippen molar-refractivity contribution in [1.82, 2.24) is 3.95 Å². The number of nitrogens with two attached hydrogens (primary N) is 2. The molecule has 0 fully saturated rings. The molecule has 2 aromatic carbocycles. The molecule has 0 radical (unpaired) electrons. The first-order valence-corrected chi connectivity index (χ1v) is 15.1. The molecular weight excluding hydrogens is 525 g/mol. The Hall–Kier alpha value is -0.214. The van der Waals surface area contributed by atoms with Crippen molar-refractivity contribution < 1.29 is 10.3 Å². The molecule has 0 aliphatic carbocycles. The van der Waals surface area contributed by atoms with Gasteiger partial charge in [-0.3, -0.25) is 0 Å². The van der Waals surface area contributed by atoms with Crippen molar-refractivity contribution in [3.8, 4) is 0 Å². The van der Waals surface area contributed by atoms with Crippen LogP contribution in [0.1, 0.15) is 33.4 Å². The SMILES string of the molecule is Cc1cccc(C)c1CC(N)C[N](CC(N)Cc1c(C)cccc1C)[Co]([Br])[Br]. The third-order valence-electron chi connectivity index (χ3n) is 5.23. The Morgan fingerprint density at radius 1 is 0.750 bits per heavy atom. The Morgan fingerprint density at radius 3 is 1.36 bits per heavy atom. The Morgan fingerprint density at radius 2 is 1.07 bits per heavy atom. The first-order chi connectivity index (χ1) is 13.2. The third-order valence-corrected chi connectivity index (χ3v) is 8.86. The van der Waals surface area contributed by atoms with Gasteiger partial charge >= 0.3 is 190 Å². The van der Waals surface area contributed by atoms with Crippen LogP contribution < -0.4 is 11.5 Å². The molecule has 4 N–H and O–H groups in total. The molecule has 2 atom stereocenters. The summed E-state index contributed by atoms with van der Waals surface area (Å²) in [7, 11) is -0.587. The van der Waals surface area contributed by atoms with Crippen LogP contribution in [0.25, 0.3) is 0 Å². The van der Waals surface area contributed by atoms with Gasteiger partial charge in [0.05, 0.1) is 0 Å². The summed E-state index contributed by atoms with van der Waals surface area (Å²) in [6, 6.07) is 13.0. The Bertz CT molecular complexity index is 680. The van der Waals surface area contributed by atoms with E-state index in [4.69, 9.17) is 11.5 Å². The third kappa shape index (κ3) is 6.94. The van der Waals surface area contributed by atoms with Gasteiger partial charge in [-0.15, -0.1) is 0 Å². The van der Waals surface area contributed by atoms with Crippen molar-refractivity contribution in [2.75, 3.05) is 13.1 Å². The van der Waals surface area contributed by atoms with E-state index in [0.29, 0.717) is 0 Å². The molecule has 0 saturated carbocycles. The van der Waals surface area contributed by atoms with Crippen molar-refractivity contribution in [2.24, 2.45) is 11.5 Å². The van der Waals surface area contributed by atoms with E-state index >= 15 is 0 Å². The summed E-state index contributed by atoms with van der Waals surface area (Å²) in [5.41, 5.74) is 21.1. The van der Waals surface area contributed by atoms with Crippen LogP contribution in [0.2, 0.25) is 0 Å².